The van der Waals surface area contributed by atoms with Gasteiger partial charge in [-0.3, -0.25) is 9.69 Å². The van der Waals surface area contributed by atoms with Gasteiger partial charge in [0.25, 0.3) is 0 Å². The number of anilines is 1. The van der Waals surface area contributed by atoms with Crippen molar-refractivity contribution in [1.82, 2.24) is 19.8 Å². The summed E-state index contributed by atoms with van der Waals surface area (Å²) in [5.74, 6) is 1.79. The summed E-state index contributed by atoms with van der Waals surface area (Å²) in [4.78, 5) is 27.9. The van der Waals surface area contributed by atoms with Gasteiger partial charge in [0.15, 0.2) is 0 Å². The Balaban J connectivity index is 1.41. The van der Waals surface area contributed by atoms with Crippen molar-refractivity contribution in [2.75, 3.05) is 44.2 Å². The number of hydrogen-bond acceptors (Lipinski definition) is 5. The second kappa shape index (κ2) is 8.61. The summed E-state index contributed by atoms with van der Waals surface area (Å²) in [6.45, 7) is 9.76. The Morgan fingerprint density at radius 1 is 1.16 bits per heavy atom. The number of hydrogen-bond donors (Lipinski definition) is 0. The van der Waals surface area contributed by atoms with Crippen molar-refractivity contribution in [2.45, 2.75) is 45.6 Å². The van der Waals surface area contributed by atoms with Gasteiger partial charge in [0.1, 0.15) is 0 Å². The minimum absolute atomic E-state index is 0.295. The largest absolute Gasteiger partial charge is 0.339 e. The van der Waals surface area contributed by atoms with E-state index in [2.05, 4.69) is 33.6 Å². The predicted octanol–water partition coefficient (Wildman–Crippen LogP) is 2.03. The summed E-state index contributed by atoms with van der Waals surface area (Å²) < 4.78 is 0. The molecule has 1 aromatic rings. The van der Waals surface area contributed by atoms with Crippen LogP contribution in [-0.2, 0) is 4.79 Å². The molecule has 138 valence electrons. The smallest absolute Gasteiger partial charge is 0.225 e. The molecule has 1 amide bonds. The predicted molar refractivity (Wildman–Crippen MR) is 99.5 cm³/mol. The fourth-order valence-electron chi connectivity index (χ4n) is 3.35. The number of aromatic nitrogens is 2. The van der Waals surface area contributed by atoms with Crippen molar-refractivity contribution in [2.24, 2.45) is 5.92 Å². The van der Waals surface area contributed by atoms with Gasteiger partial charge in [-0.15, -0.1) is 0 Å². The first kappa shape index (κ1) is 18.1. The number of carbonyl (C=O) groups is 1. The quantitative estimate of drug-likeness (QED) is 0.721. The van der Waals surface area contributed by atoms with Crippen LogP contribution in [0, 0.1) is 5.92 Å². The molecule has 1 aliphatic heterocycles. The van der Waals surface area contributed by atoms with E-state index in [-0.39, 0.29) is 0 Å². The highest BCUT2D eigenvalue weighted by molar-refractivity contribution is 5.76. The zero-order chi connectivity index (χ0) is 17.6. The van der Waals surface area contributed by atoms with Gasteiger partial charge in [0.2, 0.25) is 11.9 Å². The highest BCUT2D eigenvalue weighted by Crippen LogP contribution is 2.27. The topological polar surface area (TPSA) is 52.6 Å². The third-order valence-electron chi connectivity index (χ3n) is 5.14. The summed E-state index contributed by atoms with van der Waals surface area (Å²) >= 11 is 0. The second-order valence-corrected chi connectivity index (χ2v) is 7.62. The lowest BCUT2D eigenvalue weighted by molar-refractivity contribution is -0.131. The van der Waals surface area contributed by atoms with Gasteiger partial charge in [0, 0.05) is 57.6 Å². The monoisotopic (exact) mass is 345 g/mol. The molecule has 6 heteroatoms. The van der Waals surface area contributed by atoms with Crippen molar-refractivity contribution in [3.05, 3.63) is 18.5 Å². The van der Waals surface area contributed by atoms with Crippen LogP contribution in [0.1, 0.15) is 39.5 Å². The van der Waals surface area contributed by atoms with Crippen molar-refractivity contribution >= 4 is 11.9 Å². The highest BCUT2D eigenvalue weighted by atomic mass is 16.2. The van der Waals surface area contributed by atoms with E-state index in [1.807, 2.05) is 11.0 Å². The molecule has 1 aliphatic carbocycles. The van der Waals surface area contributed by atoms with Crippen LogP contribution in [-0.4, -0.2) is 71.0 Å². The van der Waals surface area contributed by atoms with E-state index in [1.165, 1.54) is 19.3 Å². The van der Waals surface area contributed by atoms with E-state index in [9.17, 15) is 4.79 Å². The fraction of sp³-hybridized carbons (Fsp3) is 0.737. The number of carbonyl (C=O) groups excluding carboxylic acids is 1. The third kappa shape index (κ3) is 5.39. The number of rotatable bonds is 8. The van der Waals surface area contributed by atoms with Gasteiger partial charge in [-0.05, 0) is 37.8 Å². The molecule has 3 rings (SSSR count). The molecule has 1 aromatic heterocycles. The first-order chi connectivity index (χ1) is 12.1. The van der Waals surface area contributed by atoms with E-state index < -0.39 is 0 Å². The Morgan fingerprint density at radius 3 is 2.44 bits per heavy atom. The molecule has 0 N–H and O–H groups in total. The molecule has 2 heterocycles. The molecule has 2 aliphatic rings. The number of nitrogens with zero attached hydrogens (tertiary/aromatic N) is 5. The first-order valence-electron chi connectivity index (χ1n) is 9.67. The Kier molecular flexibility index (Phi) is 6.24. The van der Waals surface area contributed by atoms with Crippen molar-refractivity contribution < 1.29 is 4.79 Å². The molecule has 0 spiro atoms. The maximum atomic E-state index is 12.6. The second-order valence-electron chi connectivity index (χ2n) is 7.62. The van der Waals surface area contributed by atoms with Crippen LogP contribution >= 0.6 is 0 Å². The van der Waals surface area contributed by atoms with Crippen molar-refractivity contribution in [3.8, 4) is 0 Å². The van der Waals surface area contributed by atoms with E-state index in [0.29, 0.717) is 12.3 Å². The Bertz CT molecular complexity index is 538. The average molecular weight is 345 g/mol. The molecular formula is C19H31N5O. The maximum absolute atomic E-state index is 12.6. The summed E-state index contributed by atoms with van der Waals surface area (Å²) in [5, 5.41) is 0. The minimum atomic E-state index is 0.295. The van der Waals surface area contributed by atoms with Crippen LogP contribution in [0.5, 0.6) is 0 Å². The molecule has 25 heavy (non-hydrogen) atoms. The van der Waals surface area contributed by atoms with Crippen LogP contribution in [0.2, 0.25) is 0 Å². The van der Waals surface area contributed by atoms with Gasteiger partial charge in [-0.2, -0.15) is 0 Å². The fourth-order valence-corrected chi connectivity index (χ4v) is 3.35. The van der Waals surface area contributed by atoms with E-state index in [4.69, 9.17) is 0 Å². The first-order valence-corrected chi connectivity index (χ1v) is 9.67. The number of amides is 1. The molecule has 6 nitrogen and oxygen atoms in total. The molecule has 1 saturated carbocycles. The summed E-state index contributed by atoms with van der Waals surface area (Å²) in [7, 11) is 0. The lowest BCUT2D eigenvalue weighted by Crippen LogP contribution is -2.49. The lowest BCUT2D eigenvalue weighted by atomic mass is 10.1. The Labute approximate surface area is 151 Å². The molecule has 0 unspecified atom stereocenters. The molecule has 1 saturated heterocycles. The third-order valence-corrected chi connectivity index (χ3v) is 5.14. The SMILES string of the molecule is CC(C)CCN(CCC(=O)N1CCN(c2ncccn2)CC1)C1CC1. The van der Waals surface area contributed by atoms with Crippen LogP contribution in [0.25, 0.3) is 0 Å². The Hall–Kier alpha value is -1.69. The maximum Gasteiger partial charge on any atom is 0.225 e. The molecule has 2 fully saturated rings. The van der Waals surface area contributed by atoms with Gasteiger partial charge in [0.05, 0.1) is 0 Å². The van der Waals surface area contributed by atoms with Crippen LogP contribution < -0.4 is 4.90 Å². The summed E-state index contributed by atoms with van der Waals surface area (Å²) in [6, 6.07) is 2.56. The van der Waals surface area contributed by atoms with Crippen LogP contribution in [0.4, 0.5) is 5.95 Å². The lowest BCUT2D eigenvalue weighted by Gasteiger charge is -2.35. The van der Waals surface area contributed by atoms with Crippen molar-refractivity contribution in [3.63, 3.8) is 0 Å². The highest BCUT2D eigenvalue weighted by Gasteiger charge is 2.29. The minimum Gasteiger partial charge on any atom is -0.339 e. The zero-order valence-electron chi connectivity index (χ0n) is 15.6. The van der Waals surface area contributed by atoms with Gasteiger partial charge in [-0.25, -0.2) is 9.97 Å². The van der Waals surface area contributed by atoms with E-state index in [0.717, 1.165) is 57.2 Å². The van der Waals surface area contributed by atoms with Crippen LogP contribution in [0.3, 0.4) is 0 Å². The standard InChI is InChI=1S/C19H31N5O/c1-16(2)6-10-22(17-4-5-17)11-7-18(25)23-12-14-24(15-13-23)19-20-8-3-9-21-19/h3,8-9,16-17H,4-7,10-15H2,1-2H3. The zero-order valence-corrected chi connectivity index (χ0v) is 15.6. The summed E-state index contributed by atoms with van der Waals surface area (Å²) in [6.07, 6.45) is 8.02. The van der Waals surface area contributed by atoms with Crippen LogP contribution in [0.15, 0.2) is 18.5 Å². The van der Waals surface area contributed by atoms with E-state index in [1.54, 1.807) is 12.4 Å². The molecule has 0 aromatic carbocycles. The van der Waals surface area contributed by atoms with Gasteiger partial charge >= 0.3 is 0 Å². The molecule has 0 bridgehead atoms. The summed E-state index contributed by atoms with van der Waals surface area (Å²) in [5.41, 5.74) is 0. The van der Waals surface area contributed by atoms with Gasteiger partial charge in [-0.1, -0.05) is 13.8 Å². The van der Waals surface area contributed by atoms with Crippen molar-refractivity contribution in [1.29, 1.82) is 0 Å². The Morgan fingerprint density at radius 2 is 1.84 bits per heavy atom. The average Bonchev–Trinajstić information content (AvgIpc) is 3.47. The normalized spacial score (nSPS) is 18.2. The molecule has 0 radical (unpaired) electrons. The molecule has 0 atom stereocenters. The molecular weight excluding hydrogens is 314 g/mol. The van der Waals surface area contributed by atoms with Gasteiger partial charge < -0.3 is 9.80 Å². The number of piperazine rings is 1. The van der Waals surface area contributed by atoms with E-state index >= 15 is 0 Å².